The molecule has 29 heavy (non-hydrogen) atoms. The number of halogens is 1. The Kier molecular flexibility index (Phi) is 7.89. The first-order valence-corrected chi connectivity index (χ1v) is 10.8. The van der Waals surface area contributed by atoms with Gasteiger partial charge in [0.25, 0.3) is 0 Å². The number of hydrogen-bond donors (Lipinski definition) is 2. The number of methoxy groups -OCH3 is 2. The van der Waals surface area contributed by atoms with Gasteiger partial charge in [-0.1, -0.05) is 17.7 Å². The van der Waals surface area contributed by atoms with Gasteiger partial charge in [-0.15, -0.1) is 0 Å². The summed E-state index contributed by atoms with van der Waals surface area (Å²) in [6, 6.07) is 8.09. The number of aryl methyl sites for hydroxylation is 2. The lowest BCUT2D eigenvalue weighted by Gasteiger charge is -2.13. The molecular weight excluding hydrogens is 416 g/mol. The molecule has 7 nitrogen and oxygen atoms in total. The van der Waals surface area contributed by atoms with Gasteiger partial charge < -0.3 is 14.8 Å². The number of amides is 1. The van der Waals surface area contributed by atoms with Crippen molar-refractivity contribution >= 4 is 33.2 Å². The van der Waals surface area contributed by atoms with E-state index >= 15 is 0 Å². The zero-order chi connectivity index (χ0) is 21.6. The van der Waals surface area contributed by atoms with Gasteiger partial charge in [0, 0.05) is 25.1 Å². The lowest BCUT2D eigenvalue weighted by molar-refractivity contribution is -0.116. The number of hydrogen-bond acceptors (Lipinski definition) is 5. The summed E-state index contributed by atoms with van der Waals surface area (Å²) in [4.78, 5) is 12.4. The number of anilines is 1. The van der Waals surface area contributed by atoms with Crippen molar-refractivity contribution in [1.29, 1.82) is 0 Å². The van der Waals surface area contributed by atoms with Crippen molar-refractivity contribution in [2.45, 2.75) is 31.6 Å². The fraction of sp³-hybridized carbons (Fsp3) is 0.350. The summed E-state index contributed by atoms with van der Waals surface area (Å²) in [5.41, 5.74) is 2.35. The maximum absolute atomic E-state index is 12.4. The minimum Gasteiger partial charge on any atom is -0.495 e. The third-order valence-corrected chi connectivity index (χ3v) is 6.16. The molecule has 9 heteroatoms. The van der Waals surface area contributed by atoms with Crippen LogP contribution in [0, 0.1) is 13.8 Å². The second-order valence-electron chi connectivity index (χ2n) is 6.48. The molecule has 0 aromatic heterocycles. The third-order valence-electron chi connectivity index (χ3n) is 4.41. The van der Waals surface area contributed by atoms with Crippen LogP contribution in [0.5, 0.6) is 11.5 Å². The van der Waals surface area contributed by atoms with Crippen molar-refractivity contribution < 1.29 is 22.7 Å². The van der Waals surface area contributed by atoms with E-state index in [1.165, 1.54) is 14.2 Å². The molecular formula is C20H25ClN2O5S. The first-order chi connectivity index (χ1) is 13.7. The number of ether oxygens (including phenoxy) is 2. The standard InChI is InChI=1S/C20H25ClN2O5S/c1-13-7-8-15(10-14(13)2)29(25,26)22-9-5-6-20(24)23-17-12-18(27-3)16(21)11-19(17)28-4/h7-8,10-12,22H,5-6,9H2,1-4H3,(H,23,24). The van der Waals surface area contributed by atoms with Crippen LogP contribution in [0.4, 0.5) is 5.69 Å². The molecule has 0 spiro atoms. The van der Waals surface area contributed by atoms with E-state index < -0.39 is 10.0 Å². The van der Waals surface area contributed by atoms with Crippen molar-refractivity contribution in [3.8, 4) is 11.5 Å². The summed E-state index contributed by atoms with van der Waals surface area (Å²) in [5.74, 6) is 0.529. The fourth-order valence-corrected chi connectivity index (χ4v) is 3.98. The van der Waals surface area contributed by atoms with Crippen LogP contribution in [-0.2, 0) is 14.8 Å². The Labute approximate surface area is 176 Å². The minimum absolute atomic E-state index is 0.129. The Hall–Kier alpha value is -2.29. The molecule has 0 saturated heterocycles. The summed E-state index contributed by atoms with van der Waals surface area (Å²) in [5, 5.41) is 3.09. The van der Waals surface area contributed by atoms with E-state index in [1.807, 2.05) is 13.8 Å². The van der Waals surface area contributed by atoms with Gasteiger partial charge in [0.05, 0.1) is 29.8 Å². The zero-order valence-electron chi connectivity index (χ0n) is 16.8. The van der Waals surface area contributed by atoms with Crippen molar-refractivity contribution in [3.05, 3.63) is 46.5 Å². The molecule has 0 atom stereocenters. The molecule has 0 unspecified atom stereocenters. The maximum atomic E-state index is 12.4. The number of benzene rings is 2. The van der Waals surface area contributed by atoms with Crippen molar-refractivity contribution in [2.24, 2.45) is 0 Å². The normalized spacial score (nSPS) is 11.2. The van der Waals surface area contributed by atoms with Gasteiger partial charge >= 0.3 is 0 Å². The lowest BCUT2D eigenvalue weighted by Crippen LogP contribution is -2.26. The molecule has 158 valence electrons. The Morgan fingerprint density at radius 1 is 1.03 bits per heavy atom. The smallest absolute Gasteiger partial charge is 0.240 e. The summed E-state index contributed by atoms with van der Waals surface area (Å²) >= 11 is 6.05. The van der Waals surface area contributed by atoms with E-state index in [1.54, 1.807) is 30.3 Å². The first-order valence-electron chi connectivity index (χ1n) is 8.96. The van der Waals surface area contributed by atoms with E-state index in [0.717, 1.165) is 11.1 Å². The highest BCUT2D eigenvalue weighted by Crippen LogP contribution is 2.35. The Morgan fingerprint density at radius 3 is 2.34 bits per heavy atom. The van der Waals surface area contributed by atoms with E-state index in [0.29, 0.717) is 28.6 Å². The van der Waals surface area contributed by atoms with Gasteiger partial charge in [0.2, 0.25) is 15.9 Å². The molecule has 0 aliphatic heterocycles. The van der Waals surface area contributed by atoms with Gasteiger partial charge in [0.15, 0.2) is 0 Å². The second kappa shape index (κ2) is 9.96. The van der Waals surface area contributed by atoms with Crippen molar-refractivity contribution in [2.75, 3.05) is 26.1 Å². The molecule has 2 aromatic rings. The van der Waals surface area contributed by atoms with E-state index in [2.05, 4.69) is 10.0 Å². The van der Waals surface area contributed by atoms with E-state index in [-0.39, 0.29) is 23.8 Å². The summed E-state index contributed by atoms with van der Waals surface area (Å²) < 4.78 is 37.6. The quantitative estimate of drug-likeness (QED) is 0.580. The highest BCUT2D eigenvalue weighted by Gasteiger charge is 2.15. The SMILES string of the molecule is COc1cc(NC(=O)CCCNS(=O)(=O)c2ccc(C)c(C)c2)c(OC)cc1Cl. The van der Waals surface area contributed by atoms with Crippen LogP contribution in [-0.4, -0.2) is 35.1 Å². The Balaban J connectivity index is 1.91. The summed E-state index contributed by atoms with van der Waals surface area (Å²) in [6.07, 6.45) is 0.465. The molecule has 1 amide bonds. The molecule has 2 N–H and O–H groups in total. The van der Waals surface area contributed by atoms with Crippen LogP contribution in [0.2, 0.25) is 5.02 Å². The fourth-order valence-electron chi connectivity index (χ4n) is 2.59. The predicted octanol–water partition coefficient (Wildman–Crippen LogP) is 3.67. The maximum Gasteiger partial charge on any atom is 0.240 e. The van der Waals surface area contributed by atoms with Gasteiger partial charge in [-0.25, -0.2) is 13.1 Å². The Morgan fingerprint density at radius 2 is 1.72 bits per heavy atom. The molecule has 0 radical (unpaired) electrons. The van der Waals surface area contributed by atoms with Crippen LogP contribution >= 0.6 is 11.6 Å². The third kappa shape index (κ3) is 6.09. The second-order valence-corrected chi connectivity index (χ2v) is 8.66. The largest absolute Gasteiger partial charge is 0.495 e. The monoisotopic (exact) mass is 440 g/mol. The zero-order valence-corrected chi connectivity index (χ0v) is 18.4. The molecule has 0 saturated carbocycles. The molecule has 0 heterocycles. The number of rotatable bonds is 9. The van der Waals surface area contributed by atoms with Gasteiger partial charge in [-0.3, -0.25) is 4.79 Å². The van der Waals surface area contributed by atoms with E-state index in [4.69, 9.17) is 21.1 Å². The molecule has 0 bridgehead atoms. The molecule has 0 aliphatic carbocycles. The van der Waals surface area contributed by atoms with Crippen LogP contribution in [0.1, 0.15) is 24.0 Å². The molecule has 0 fully saturated rings. The lowest BCUT2D eigenvalue weighted by atomic mass is 10.1. The Bertz CT molecular complexity index is 993. The predicted molar refractivity (Wildman–Crippen MR) is 114 cm³/mol. The molecule has 2 rings (SSSR count). The van der Waals surface area contributed by atoms with Gasteiger partial charge in [0.1, 0.15) is 11.5 Å². The number of carbonyl (C=O) groups excluding carboxylic acids is 1. The summed E-state index contributed by atoms with van der Waals surface area (Å²) in [6.45, 7) is 3.92. The number of nitrogens with one attached hydrogen (secondary N) is 2. The van der Waals surface area contributed by atoms with Crippen molar-refractivity contribution in [1.82, 2.24) is 4.72 Å². The average molecular weight is 441 g/mol. The molecule has 0 aliphatic rings. The average Bonchev–Trinajstić information content (AvgIpc) is 2.68. The van der Waals surface area contributed by atoms with Gasteiger partial charge in [-0.05, 0) is 43.5 Å². The highest BCUT2D eigenvalue weighted by atomic mass is 35.5. The summed E-state index contributed by atoms with van der Waals surface area (Å²) in [7, 11) is -0.673. The minimum atomic E-state index is -3.61. The van der Waals surface area contributed by atoms with Gasteiger partial charge in [-0.2, -0.15) is 0 Å². The number of carbonyl (C=O) groups is 1. The van der Waals surface area contributed by atoms with Crippen LogP contribution in [0.3, 0.4) is 0 Å². The molecule has 2 aromatic carbocycles. The van der Waals surface area contributed by atoms with Crippen LogP contribution < -0.4 is 19.5 Å². The highest BCUT2D eigenvalue weighted by molar-refractivity contribution is 7.89. The first kappa shape index (κ1) is 23.0. The van der Waals surface area contributed by atoms with Crippen LogP contribution in [0.15, 0.2) is 35.2 Å². The van der Waals surface area contributed by atoms with Crippen LogP contribution in [0.25, 0.3) is 0 Å². The van der Waals surface area contributed by atoms with Crippen molar-refractivity contribution in [3.63, 3.8) is 0 Å². The number of sulfonamides is 1. The topological polar surface area (TPSA) is 93.7 Å². The van der Waals surface area contributed by atoms with E-state index in [9.17, 15) is 13.2 Å².